The molecular weight excluding hydrogens is 264 g/mol. The summed E-state index contributed by atoms with van der Waals surface area (Å²) >= 11 is 3.54. The van der Waals surface area contributed by atoms with Crippen molar-refractivity contribution in [1.29, 1.82) is 0 Å². The van der Waals surface area contributed by atoms with Crippen molar-refractivity contribution in [1.82, 2.24) is 4.98 Å². The van der Waals surface area contributed by atoms with E-state index in [1.165, 1.54) is 25.7 Å². The smallest absolute Gasteiger partial charge is 0.0590 e. The zero-order chi connectivity index (χ0) is 11.6. The van der Waals surface area contributed by atoms with Crippen molar-refractivity contribution in [2.24, 2.45) is 5.41 Å². The highest BCUT2D eigenvalue weighted by Crippen LogP contribution is 2.38. The molecule has 0 bridgehead atoms. The predicted molar refractivity (Wildman–Crippen MR) is 71.6 cm³/mol. The van der Waals surface area contributed by atoms with Crippen molar-refractivity contribution in [3.8, 4) is 0 Å². The molecule has 0 saturated heterocycles. The normalized spacial score (nSPS) is 24.1. The molecule has 0 aliphatic heterocycles. The Labute approximate surface area is 106 Å². The molecule has 1 fully saturated rings. The van der Waals surface area contributed by atoms with Crippen LogP contribution in [0.1, 0.15) is 39.5 Å². The number of hydrogen-bond donors (Lipinski definition) is 1. The van der Waals surface area contributed by atoms with Gasteiger partial charge in [-0.05, 0) is 40.3 Å². The number of halogens is 1. The summed E-state index contributed by atoms with van der Waals surface area (Å²) in [6.07, 6.45) is 8.96. The van der Waals surface area contributed by atoms with E-state index in [2.05, 4.69) is 40.1 Å². The molecule has 1 aromatic heterocycles. The van der Waals surface area contributed by atoms with Crippen molar-refractivity contribution in [2.45, 2.75) is 45.6 Å². The predicted octanol–water partition coefficient (Wildman–Crippen LogP) is 4.22. The highest BCUT2D eigenvalue weighted by atomic mass is 79.9. The minimum atomic E-state index is 0.390. The molecule has 1 atom stereocenters. The van der Waals surface area contributed by atoms with Crippen LogP contribution in [0.2, 0.25) is 0 Å². The van der Waals surface area contributed by atoms with E-state index in [1.54, 1.807) is 0 Å². The number of rotatable bonds is 2. The average molecular weight is 283 g/mol. The number of nitrogens with one attached hydrogen (secondary N) is 1. The molecule has 16 heavy (non-hydrogen) atoms. The van der Waals surface area contributed by atoms with Crippen molar-refractivity contribution in [3.63, 3.8) is 0 Å². The van der Waals surface area contributed by atoms with Crippen LogP contribution in [0.4, 0.5) is 5.69 Å². The van der Waals surface area contributed by atoms with Gasteiger partial charge in [-0.25, -0.2) is 0 Å². The number of pyridine rings is 1. The van der Waals surface area contributed by atoms with Gasteiger partial charge in [0, 0.05) is 18.4 Å². The summed E-state index contributed by atoms with van der Waals surface area (Å²) < 4.78 is 1.05. The number of nitrogens with zero attached hydrogens (tertiary/aromatic N) is 1. The van der Waals surface area contributed by atoms with Crippen molar-refractivity contribution >= 4 is 21.6 Å². The summed E-state index contributed by atoms with van der Waals surface area (Å²) in [7, 11) is 0. The van der Waals surface area contributed by atoms with Crippen LogP contribution >= 0.6 is 15.9 Å². The van der Waals surface area contributed by atoms with Crippen LogP contribution in [0.5, 0.6) is 0 Å². The van der Waals surface area contributed by atoms with Gasteiger partial charge in [0.05, 0.1) is 10.2 Å². The van der Waals surface area contributed by atoms with E-state index in [9.17, 15) is 0 Å². The molecule has 1 aliphatic rings. The molecule has 0 aromatic carbocycles. The fourth-order valence-corrected chi connectivity index (χ4v) is 2.81. The summed E-state index contributed by atoms with van der Waals surface area (Å²) in [5, 5.41) is 3.65. The zero-order valence-electron chi connectivity index (χ0n) is 9.96. The second kappa shape index (κ2) is 4.74. The Morgan fingerprint density at radius 1 is 1.44 bits per heavy atom. The van der Waals surface area contributed by atoms with E-state index in [4.69, 9.17) is 0 Å². The summed E-state index contributed by atoms with van der Waals surface area (Å²) in [6, 6.07) is 2.61. The Morgan fingerprint density at radius 3 is 2.94 bits per heavy atom. The summed E-state index contributed by atoms with van der Waals surface area (Å²) in [5.74, 6) is 0. The van der Waals surface area contributed by atoms with Gasteiger partial charge in [-0.2, -0.15) is 0 Å². The van der Waals surface area contributed by atoms with Gasteiger partial charge in [-0.3, -0.25) is 4.98 Å². The highest BCUT2D eigenvalue weighted by molar-refractivity contribution is 9.10. The van der Waals surface area contributed by atoms with Gasteiger partial charge >= 0.3 is 0 Å². The summed E-state index contributed by atoms with van der Waals surface area (Å²) in [5.41, 5.74) is 1.55. The van der Waals surface area contributed by atoms with E-state index in [0.717, 1.165) is 10.2 Å². The number of hydrogen-bond acceptors (Lipinski definition) is 2. The third-order valence-electron chi connectivity index (χ3n) is 3.61. The van der Waals surface area contributed by atoms with Crippen LogP contribution < -0.4 is 5.32 Å². The lowest BCUT2D eigenvalue weighted by Crippen LogP contribution is -2.38. The Kier molecular flexibility index (Phi) is 3.53. The van der Waals surface area contributed by atoms with Gasteiger partial charge in [-0.1, -0.05) is 26.7 Å². The lowest BCUT2D eigenvalue weighted by atomic mass is 9.73. The first-order valence-corrected chi connectivity index (χ1v) is 6.75. The van der Waals surface area contributed by atoms with Crippen LogP contribution in [0, 0.1) is 5.41 Å². The molecule has 1 saturated carbocycles. The summed E-state index contributed by atoms with van der Waals surface area (Å²) in [4.78, 5) is 4.09. The van der Waals surface area contributed by atoms with E-state index in [1.807, 2.05) is 18.5 Å². The number of aromatic nitrogens is 1. The standard InChI is InChI=1S/C13H19BrN2/c1-13(2)7-4-3-5-12(13)16-11-6-8-15-9-10(11)14/h6,8-9,12H,3-5,7H2,1-2H3,(H,15,16). The van der Waals surface area contributed by atoms with E-state index < -0.39 is 0 Å². The fraction of sp³-hybridized carbons (Fsp3) is 0.615. The maximum absolute atomic E-state index is 4.09. The van der Waals surface area contributed by atoms with Gasteiger partial charge in [-0.15, -0.1) is 0 Å². The highest BCUT2D eigenvalue weighted by Gasteiger charge is 2.32. The Morgan fingerprint density at radius 2 is 2.25 bits per heavy atom. The van der Waals surface area contributed by atoms with Crippen molar-refractivity contribution < 1.29 is 0 Å². The first kappa shape index (κ1) is 11.9. The summed E-state index contributed by atoms with van der Waals surface area (Å²) in [6.45, 7) is 4.72. The van der Waals surface area contributed by atoms with Crippen LogP contribution in [0.15, 0.2) is 22.9 Å². The first-order valence-electron chi connectivity index (χ1n) is 5.96. The van der Waals surface area contributed by atoms with Crippen LogP contribution in [0.25, 0.3) is 0 Å². The zero-order valence-corrected chi connectivity index (χ0v) is 11.5. The molecule has 1 aromatic rings. The molecule has 2 nitrogen and oxygen atoms in total. The average Bonchev–Trinajstić information content (AvgIpc) is 2.24. The molecular formula is C13H19BrN2. The quantitative estimate of drug-likeness (QED) is 0.878. The molecule has 0 spiro atoms. The van der Waals surface area contributed by atoms with Gasteiger partial charge < -0.3 is 5.32 Å². The molecule has 1 aliphatic carbocycles. The largest absolute Gasteiger partial charge is 0.381 e. The molecule has 2 rings (SSSR count). The molecule has 1 unspecified atom stereocenters. The maximum Gasteiger partial charge on any atom is 0.0590 e. The van der Waals surface area contributed by atoms with Crippen molar-refractivity contribution in [3.05, 3.63) is 22.9 Å². The Hall–Kier alpha value is -0.570. The Balaban J connectivity index is 2.12. The topological polar surface area (TPSA) is 24.9 Å². The lowest BCUT2D eigenvalue weighted by molar-refractivity contribution is 0.217. The minimum Gasteiger partial charge on any atom is -0.381 e. The molecule has 3 heteroatoms. The third-order valence-corrected chi connectivity index (χ3v) is 4.24. The van der Waals surface area contributed by atoms with Crippen LogP contribution in [-0.4, -0.2) is 11.0 Å². The van der Waals surface area contributed by atoms with E-state index >= 15 is 0 Å². The molecule has 0 radical (unpaired) electrons. The second-order valence-electron chi connectivity index (χ2n) is 5.29. The lowest BCUT2D eigenvalue weighted by Gasteiger charge is -2.39. The second-order valence-corrected chi connectivity index (χ2v) is 6.14. The van der Waals surface area contributed by atoms with Gasteiger partial charge in [0.15, 0.2) is 0 Å². The molecule has 1 heterocycles. The van der Waals surface area contributed by atoms with E-state index in [-0.39, 0.29) is 0 Å². The van der Waals surface area contributed by atoms with Crippen LogP contribution in [0.3, 0.4) is 0 Å². The molecule has 1 N–H and O–H groups in total. The molecule has 0 amide bonds. The maximum atomic E-state index is 4.09. The fourth-order valence-electron chi connectivity index (χ4n) is 2.44. The Bertz CT molecular complexity index is 363. The monoisotopic (exact) mass is 282 g/mol. The van der Waals surface area contributed by atoms with Gasteiger partial charge in [0.25, 0.3) is 0 Å². The van der Waals surface area contributed by atoms with Gasteiger partial charge in [0.1, 0.15) is 0 Å². The van der Waals surface area contributed by atoms with Crippen molar-refractivity contribution in [2.75, 3.05) is 5.32 Å². The number of anilines is 1. The third kappa shape index (κ3) is 2.57. The minimum absolute atomic E-state index is 0.390. The van der Waals surface area contributed by atoms with Gasteiger partial charge in [0.2, 0.25) is 0 Å². The SMILES string of the molecule is CC1(C)CCCCC1Nc1ccncc1Br. The first-order chi connectivity index (χ1) is 7.59. The molecule has 88 valence electrons. The van der Waals surface area contributed by atoms with Crippen LogP contribution in [-0.2, 0) is 0 Å². The van der Waals surface area contributed by atoms with E-state index in [0.29, 0.717) is 11.5 Å².